The van der Waals surface area contributed by atoms with Crippen LogP contribution in [0.3, 0.4) is 0 Å². The van der Waals surface area contributed by atoms with Gasteiger partial charge in [-0.15, -0.1) is 5.10 Å². The van der Waals surface area contributed by atoms with Crippen LogP contribution in [0.15, 0.2) is 18.2 Å². The molecule has 2 aromatic rings. The van der Waals surface area contributed by atoms with Gasteiger partial charge in [0.2, 0.25) is 0 Å². The molecule has 0 fully saturated rings. The summed E-state index contributed by atoms with van der Waals surface area (Å²) in [5, 5.41) is 36.2. The normalized spacial score (nSPS) is 10.1. The number of rotatable bonds is 4. The zero-order valence-electron chi connectivity index (χ0n) is 10.8. The smallest absolute Gasteiger partial charge is 0.358 e. The number of hydrogen-bond acceptors (Lipinski definition) is 6. The van der Waals surface area contributed by atoms with Crippen molar-refractivity contribution in [1.82, 2.24) is 15.0 Å². The predicted octanol–water partition coefficient (Wildman–Crippen LogP) is 1.31. The molecule has 0 aliphatic rings. The Hall–Kier alpha value is -3.28. The molecule has 0 saturated heterocycles. The average Bonchev–Trinajstić information content (AvgIpc) is 2.90. The van der Waals surface area contributed by atoms with Gasteiger partial charge in [0.15, 0.2) is 5.69 Å². The number of benzene rings is 1. The van der Waals surface area contributed by atoms with E-state index in [0.717, 1.165) is 10.7 Å². The van der Waals surface area contributed by atoms with Crippen LogP contribution < -0.4 is 0 Å². The molecule has 0 bridgehead atoms. The van der Waals surface area contributed by atoms with Crippen LogP contribution in [0.4, 0.5) is 5.69 Å². The van der Waals surface area contributed by atoms with Crippen LogP contribution >= 0.6 is 0 Å². The van der Waals surface area contributed by atoms with Crippen molar-refractivity contribution in [2.45, 2.75) is 13.3 Å². The van der Waals surface area contributed by atoms with Gasteiger partial charge in [-0.3, -0.25) is 10.1 Å². The molecule has 1 aromatic carbocycles. The fourth-order valence-corrected chi connectivity index (χ4v) is 1.90. The van der Waals surface area contributed by atoms with Crippen molar-refractivity contribution in [3.8, 4) is 11.8 Å². The van der Waals surface area contributed by atoms with Crippen LogP contribution in [0.1, 0.15) is 28.7 Å². The lowest BCUT2D eigenvalue weighted by molar-refractivity contribution is -0.384. The molecule has 1 aromatic heterocycles. The first-order valence-corrected chi connectivity index (χ1v) is 5.86. The first-order valence-electron chi connectivity index (χ1n) is 5.86. The van der Waals surface area contributed by atoms with Crippen molar-refractivity contribution in [1.29, 1.82) is 5.26 Å². The van der Waals surface area contributed by atoms with Crippen molar-refractivity contribution in [3.63, 3.8) is 0 Å². The molecule has 9 heteroatoms. The number of nitro groups is 1. The second-order valence-electron chi connectivity index (χ2n) is 4.03. The first-order chi connectivity index (χ1) is 9.99. The summed E-state index contributed by atoms with van der Waals surface area (Å²) in [5.41, 5.74) is -0.157. The largest absolute Gasteiger partial charge is 0.476 e. The molecule has 2 rings (SSSR count). The Morgan fingerprint density at radius 3 is 2.81 bits per heavy atom. The lowest BCUT2D eigenvalue weighted by Crippen LogP contribution is -2.08. The van der Waals surface area contributed by atoms with Gasteiger partial charge in [0.05, 0.1) is 22.2 Å². The van der Waals surface area contributed by atoms with Crippen molar-refractivity contribution < 1.29 is 14.8 Å². The number of aromatic carboxylic acids is 1. The molecule has 0 saturated carbocycles. The van der Waals surface area contributed by atoms with Crippen molar-refractivity contribution in [3.05, 3.63) is 45.3 Å². The molecule has 0 unspecified atom stereocenters. The number of nitrogens with zero attached hydrogens (tertiary/aromatic N) is 5. The molecular weight excluding hydrogens is 278 g/mol. The summed E-state index contributed by atoms with van der Waals surface area (Å²) < 4.78 is 1.11. The fourth-order valence-electron chi connectivity index (χ4n) is 1.90. The van der Waals surface area contributed by atoms with E-state index in [1.807, 2.05) is 6.07 Å². The molecular formula is C12H9N5O4. The van der Waals surface area contributed by atoms with E-state index in [1.165, 1.54) is 12.1 Å². The van der Waals surface area contributed by atoms with Gasteiger partial charge in [-0.2, -0.15) is 5.26 Å². The lowest BCUT2D eigenvalue weighted by Gasteiger charge is -2.06. The standard InChI is InChI=1S/C12H9N5O4/c1-2-8-11(12(18)19)14-15-16(8)9-4-3-7(6-13)5-10(9)17(20)21/h3-5H,2H2,1H3,(H,18,19). The molecule has 1 N–H and O–H groups in total. The predicted molar refractivity (Wildman–Crippen MR) is 69.1 cm³/mol. The Bertz CT molecular complexity index is 774. The van der Waals surface area contributed by atoms with E-state index in [1.54, 1.807) is 6.92 Å². The van der Waals surface area contributed by atoms with Gasteiger partial charge in [0.1, 0.15) is 5.69 Å². The second-order valence-corrected chi connectivity index (χ2v) is 4.03. The van der Waals surface area contributed by atoms with Crippen LogP contribution in [-0.2, 0) is 6.42 Å². The molecule has 0 radical (unpaired) electrons. The maximum absolute atomic E-state index is 11.1. The summed E-state index contributed by atoms with van der Waals surface area (Å²) in [6, 6.07) is 5.65. The Kier molecular flexibility index (Phi) is 3.62. The van der Waals surface area contributed by atoms with E-state index in [9.17, 15) is 14.9 Å². The maximum Gasteiger partial charge on any atom is 0.358 e. The van der Waals surface area contributed by atoms with Crippen LogP contribution in [0, 0.1) is 21.4 Å². The summed E-state index contributed by atoms with van der Waals surface area (Å²) in [6.07, 6.45) is 0.284. The number of aromatic nitrogens is 3. The van der Waals surface area contributed by atoms with Gasteiger partial charge >= 0.3 is 5.97 Å². The van der Waals surface area contributed by atoms with Gasteiger partial charge in [-0.25, -0.2) is 9.48 Å². The van der Waals surface area contributed by atoms with E-state index in [-0.39, 0.29) is 34.7 Å². The highest BCUT2D eigenvalue weighted by atomic mass is 16.6. The Labute approximate surface area is 118 Å². The summed E-state index contributed by atoms with van der Waals surface area (Å²) >= 11 is 0. The molecule has 0 spiro atoms. The molecule has 0 aliphatic carbocycles. The first kappa shape index (κ1) is 14.1. The number of carboxylic acid groups (broad SMARTS) is 1. The lowest BCUT2D eigenvalue weighted by atomic mass is 10.1. The van der Waals surface area contributed by atoms with Crippen molar-refractivity contribution in [2.24, 2.45) is 0 Å². The van der Waals surface area contributed by atoms with Crippen LogP contribution in [0.5, 0.6) is 0 Å². The van der Waals surface area contributed by atoms with E-state index in [4.69, 9.17) is 10.4 Å². The monoisotopic (exact) mass is 287 g/mol. The number of nitro benzene ring substituents is 1. The highest BCUT2D eigenvalue weighted by molar-refractivity contribution is 5.86. The van der Waals surface area contributed by atoms with Gasteiger partial charge in [-0.05, 0) is 18.6 Å². The minimum atomic E-state index is -1.26. The van der Waals surface area contributed by atoms with Crippen LogP contribution in [0.2, 0.25) is 0 Å². The Morgan fingerprint density at radius 2 is 2.29 bits per heavy atom. The SMILES string of the molecule is CCc1c(C(=O)O)nnn1-c1ccc(C#N)cc1[N+](=O)[O-]. The zero-order chi connectivity index (χ0) is 15.6. The van der Waals surface area contributed by atoms with E-state index >= 15 is 0 Å². The average molecular weight is 287 g/mol. The zero-order valence-corrected chi connectivity index (χ0v) is 10.8. The third-order valence-electron chi connectivity index (χ3n) is 2.83. The van der Waals surface area contributed by atoms with Gasteiger partial charge < -0.3 is 5.11 Å². The molecule has 106 valence electrons. The highest BCUT2D eigenvalue weighted by Crippen LogP contribution is 2.25. The van der Waals surface area contributed by atoms with Crippen molar-refractivity contribution >= 4 is 11.7 Å². The quantitative estimate of drug-likeness (QED) is 0.661. The van der Waals surface area contributed by atoms with E-state index < -0.39 is 10.9 Å². The minimum absolute atomic E-state index is 0.0656. The topological polar surface area (TPSA) is 135 Å². The Balaban J connectivity index is 2.70. The molecule has 21 heavy (non-hydrogen) atoms. The second kappa shape index (κ2) is 5.38. The number of nitriles is 1. The number of carboxylic acids is 1. The van der Waals surface area contributed by atoms with Crippen molar-refractivity contribution in [2.75, 3.05) is 0 Å². The van der Waals surface area contributed by atoms with Crippen LogP contribution in [-0.4, -0.2) is 31.0 Å². The molecule has 9 nitrogen and oxygen atoms in total. The molecule has 0 atom stereocenters. The number of hydrogen-bond donors (Lipinski definition) is 1. The molecule has 0 aliphatic heterocycles. The summed E-state index contributed by atoms with van der Waals surface area (Å²) in [6.45, 7) is 1.69. The van der Waals surface area contributed by atoms with Gasteiger partial charge in [0.25, 0.3) is 5.69 Å². The van der Waals surface area contributed by atoms with Crippen LogP contribution in [0.25, 0.3) is 5.69 Å². The van der Waals surface area contributed by atoms with Gasteiger partial charge in [0, 0.05) is 6.07 Å². The Morgan fingerprint density at radius 1 is 1.57 bits per heavy atom. The molecule has 1 heterocycles. The van der Waals surface area contributed by atoms with E-state index in [0.29, 0.717) is 0 Å². The minimum Gasteiger partial charge on any atom is -0.476 e. The fraction of sp³-hybridized carbons (Fsp3) is 0.167. The summed E-state index contributed by atoms with van der Waals surface area (Å²) in [7, 11) is 0. The number of carbonyl (C=O) groups is 1. The summed E-state index contributed by atoms with van der Waals surface area (Å²) in [4.78, 5) is 21.5. The molecule has 0 amide bonds. The summed E-state index contributed by atoms with van der Waals surface area (Å²) in [5.74, 6) is -1.26. The van der Waals surface area contributed by atoms with Gasteiger partial charge in [-0.1, -0.05) is 12.1 Å². The highest BCUT2D eigenvalue weighted by Gasteiger charge is 2.23. The van der Waals surface area contributed by atoms with E-state index in [2.05, 4.69) is 10.3 Å². The maximum atomic E-state index is 11.1. The third-order valence-corrected chi connectivity index (χ3v) is 2.83. The third kappa shape index (κ3) is 2.42.